The molecule has 1 aliphatic heterocycles. The van der Waals surface area contributed by atoms with Crippen LogP contribution in [0.4, 0.5) is 4.39 Å². The van der Waals surface area contributed by atoms with Crippen molar-refractivity contribution < 1.29 is 23.5 Å². The van der Waals surface area contributed by atoms with Gasteiger partial charge in [-0.25, -0.2) is 4.98 Å². The van der Waals surface area contributed by atoms with Gasteiger partial charge < -0.3 is 25.0 Å². The van der Waals surface area contributed by atoms with Gasteiger partial charge in [-0.15, -0.1) is 0 Å². The summed E-state index contributed by atoms with van der Waals surface area (Å²) in [6.07, 6.45) is 0. The number of aryl methyl sites for hydroxylation is 1. The van der Waals surface area contributed by atoms with E-state index in [0.29, 0.717) is 46.4 Å². The number of hydrogen-bond donors (Lipinski definition) is 2. The van der Waals surface area contributed by atoms with Crippen molar-refractivity contribution in [3.63, 3.8) is 0 Å². The first-order valence-corrected chi connectivity index (χ1v) is 12.0. The standard InChI is InChI=1S/C28H30FN5O4/c1-16(19-11-22(37-4)13-23(12-19)38-5)32-27(36)21-9-18(14-30-28-33-26(35)15-34(28)3)8-20(10-21)24-6-7-25(29)31-17(24)2/h6-13,16H,14-15H2,1-5H3,(H,32,36)(H,30,33,35). The molecule has 1 aromatic heterocycles. The molecule has 1 atom stereocenters. The number of likely N-dealkylation sites (N-methyl/N-ethyl adjacent to an activating group) is 1. The summed E-state index contributed by atoms with van der Waals surface area (Å²) in [5.41, 5.74) is 3.94. The Labute approximate surface area is 220 Å². The van der Waals surface area contributed by atoms with Gasteiger partial charge in [0, 0.05) is 36.5 Å². The lowest BCUT2D eigenvalue weighted by atomic mass is 9.98. The quantitative estimate of drug-likeness (QED) is 0.438. The van der Waals surface area contributed by atoms with Crippen molar-refractivity contribution in [1.82, 2.24) is 20.5 Å². The molecule has 0 spiro atoms. The molecule has 2 heterocycles. The highest BCUT2D eigenvalue weighted by molar-refractivity contribution is 6.00. The summed E-state index contributed by atoms with van der Waals surface area (Å²) in [6.45, 7) is 4.12. The first-order valence-electron chi connectivity index (χ1n) is 12.0. The van der Waals surface area contributed by atoms with Crippen LogP contribution in [0.5, 0.6) is 11.5 Å². The fourth-order valence-electron chi connectivity index (χ4n) is 4.23. The average molecular weight is 520 g/mol. The molecule has 0 bridgehead atoms. The van der Waals surface area contributed by atoms with Crippen molar-refractivity contribution in [3.8, 4) is 22.6 Å². The first kappa shape index (κ1) is 26.6. The number of guanidine groups is 1. The van der Waals surface area contributed by atoms with Crippen molar-refractivity contribution in [2.75, 3.05) is 27.8 Å². The second-order valence-electron chi connectivity index (χ2n) is 9.07. The first-order chi connectivity index (χ1) is 18.2. The number of nitrogens with zero attached hydrogens (tertiary/aromatic N) is 3. The maximum absolute atomic E-state index is 13.7. The van der Waals surface area contributed by atoms with Gasteiger partial charge in [0.25, 0.3) is 11.8 Å². The van der Waals surface area contributed by atoms with Crippen molar-refractivity contribution in [2.24, 2.45) is 4.99 Å². The van der Waals surface area contributed by atoms with Crippen LogP contribution in [0.1, 0.15) is 40.1 Å². The molecule has 198 valence electrons. The Balaban J connectivity index is 1.64. The highest BCUT2D eigenvalue weighted by atomic mass is 19.1. The van der Waals surface area contributed by atoms with Gasteiger partial charge in [0.1, 0.15) is 18.0 Å². The number of hydrogen-bond acceptors (Lipinski definition) is 7. The number of aliphatic imine (C=N–C) groups is 1. The molecule has 0 fully saturated rings. The smallest absolute Gasteiger partial charge is 0.268 e. The molecule has 3 aromatic rings. The SMILES string of the molecule is COc1cc(OC)cc(C(C)NC(=O)c2cc(CNC3=NC(=O)CN3C)cc(-c3ccc(F)nc3C)c2)c1. The van der Waals surface area contributed by atoms with Gasteiger partial charge in [0.15, 0.2) is 0 Å². The predicted molar refractivity (Wildman–Crippen MR) is 142 cm³/mol. The van der Waals surface area contributed by atoms with E-state index in [-0.39, 0.29) is 24.4 Å². The number of methoxy groups -OCH3 is 2. The van der Waals surface area contributed by atoms with Crippen LogP contribution < -0.4 is 20.1 Å². The van der Waals surface area contributed by atoms with E-state index in [1.165, 1.54) is 6.07 Å². The molecule has 1 unspecified atom stereocenters. The number of rotatable bonds is 8. The van der Waals surface area contributed by atoms with Crippen LogP contribution in [0.2, 0.25) is 0 Å². The van der Waals surface area contributed by atoms with E-state index in [2.05, 4.69) is 20.6 Å². The van der Waals surface area contributed by atoms with Crippen molar-refractivity contribution >= 4 is 17.8 Å². The van der Waals surface area contributed by atoms with Crippen molar-refractivity contribution in [1.29, 1.82) is 0 Å². The third-order valence-corrected chi connectivity index (χ3v) is 6.25. The molecular formula is C28H30FN5O4. The number of nitrogens with one attached hydrogen (secondary N) is 2. The topological polar surface area (TPSA) is 105 Å². The Hall–Kier alpha value is -4.47. The summed E-state index contributed by atoms with van der Waals surface area (Å²) >= 11 is 0. The fraction of sp³-hybridized carbons (Fsp3) is 0.286. The molecule has 0 radical (unpaired) electrons. The van der Waals surface area contributed by atoms with E-state index in [0.717, 1.165) is 11.1 Å². The molecule has 0 saturated carbocycles. The van der Waals surface area contributed by atoms with Crippen LogP contribution in [-0.4, -0.2) is 55.5 Å². The van der Waals surface area contributed by atoms with E-state index in [1.54, 1.807) is 57.4 Å². The lowest BCUT2D eigenvalue weighted by Gasteiger charge is -2.18. The molecule has 0 aliphatic carbocycles. The van der Waals surface area contributed by atoms with Crippen molar-refractivity contribution in [2.45, 2.75) is 26.4 Å². The maximum Gasteiger partial charge on any atom is 0.268 e. The Kier molecular flexibility index (Phi) is 7.90. The summed E-state index contributed by atoms with van der Waals surface area (Å²) in [7, 11) is 4.91. The number of carbonyl (C=O) groups is 2. The lowest BCUT2D eigenvalue weighted by molar-refractivity contribution is -0.116. The Morgan fingerprint density at radius 1 is 1.11 bits per heavy atom. The molecule has 2 aromatic carbocycles. The van der Waals surface area contributed by atoms with Crippen LogP contribution in [0.25, 0.3) is 11.1 Å². The number of amides is 2. The minimum atomic E-state index is -0.573. The second-order valence-corrected chi connectivity index (χ2v) is 9.07. The molecule has 2 amide bonds. The zero-order chi connectivity index (χ0) is 27.4. The molecule has 10 heteroatoms. The minimum Gasteiger partial charge on any atom is -0.497 e. The van der Waals surface area contributed by atoms with Crippen LogP contribution in [0.15, 0.2) is 53.5 Å². The number of halogens is 1. The molecule has 9 nitrogen and oxygen atoms in total. The number of ether oxygens (including phenoxy) is 2. The summed E-state index contributed by atoms with van der Waals surface area (Å²) < 4.78 is 24.4. The number of pyridine rings is 1. The van der Waals surface area contributed by atoms with E-state index in [4.69, 9.17) is 9.47 Å². The van der Waals surface area contributed by atoms with E-state index < -0.39 is 5.95 Å². The van der Waals surface area contributed by atoms with Gasteiger partial charge in [-0.2, -0.15) is 9.38 Å². The summed E-state index contributed by atoms with van der Waals surface area (Å²) in [5.74, 6) is 0.616. The minimum absolute atomic E-state index is 0.212. The molecule has 0 saturated heterocycles. The number of benzene rings is 2. The fourth-order valence-corrected chi connectivity index (χ4v) is 4.23. The van der Waals surface area contributed by atoms with Gasteiger partial charge in [0.05, 0.1) is 20.3 Å². The van der Waals surface area contributed by atoms with Gasteiger partial charge in [-0.1, -0.05) is 0 Å². The lowest BCUT2D eigenvalue weighted by Crippen LogP contribution is -2.35. The average Bonchev–Trinajstić information content (AvgIpc) is 3.23. The summed E-state index contributed by atoms with van der Waals surface area (Å²) in [5, 5.41) is 6.19. The summed E-state index contributed by atoms with van der Waals surface area (Å²) in [6, 6.07) is 13.5. The summed E-state index contributed by atoms with van der Waals surface area (Å²) in [4.78, 5) is 34.7. The number of carbonyl (C=O) groups excluding carboxylic acids is 2. The van der Waals surface area contributed by atoms with E-state index in [9.17, 15) is 14.0 Å². The Bertz CT molecular complexity index is 1390. The van der Waals surface area contributed by atoms with Crippen LogP contribution in [-0.2, 0) is 11.3 Å². The van der Waals surface area contributed by atoms with E-state index >= 15 is 0 Å². The molecule has 38 heavy (non-hydrogen) atoms. The van der Waals surface area contributed by atoms with Gasteiger partial charge >= 0.3 is 0 Å². The molecular weight excluding hydrogens is 489 g/mol. The third kappa shape index (κ3) is 6.08. The maximum atomic E-state index is 13.7. The predicted octanol–water partition coefficient (Wildman–Crippen LogP) is 3.62. The van der Waals surface area contributed by atoms with Crippen LogP contribution in [0.3, 0.4) is 0 Å². The zero-order valence-corrected chi connectivity index (χ0v) is 22.0. The highest BCUT2D eigenvalue weighted by Crippen LogP contribution is 2.28. The normalized spacial score (nSPS) is 13.7. The van der Waals surface area contributed by atoms with Gasteiger partial charge in [-0.3, -0.25) is 9.59 Å². The molecule has 1 aliphatic rings. The second kappa shape index (κ2) is 11.3. The number of aromatic nitrogens is 1. The third-order valence-electron chi connectivity index (χ3n) is 6.25. The zero-order valence-electron chi connectivity index (χ0n) is 22.0. The van der Waals surface area contributed by atoms with Gasteiger partial charge in [0.2, 0.25) is 11.9 Å². The Morgan fingerprint density at radius 2 is 1.82 bits per heavy atom. The highest BCUT2D eigenvalue weighted by Gasteiger charge is 2.20. The largest absolute Gasteiger partial charge is 0.497 e. The van der Waals surface area contributed by atoms with Crippen molar-refractivity contribution in [3.05, 3.63) is 76.9 Å². The molecule has 4 rings (SSSR count). The van der Waals surface area contributed by atoms with Gasteiger partial charge in [-0.05, 0) is 73.0 Å². The van der Waals surface area contributed by atoms with Crippen LogP contribution >= 0.6 is 0 Å². The van der Waals surface area contributed by atoms with Crippen LogP contribution in [0, 0.1) is 12.9 Å². The molecule has 2 N–H and O–H groups in total. The monoisotopic (exact) mass is 519 g/mol. The Morgan fingerprint density at radius 3 is 2.42 bits per heavy atom. The van der Waals surface area contributed by atoms with E-state index in [1.807, 2.05) is 25.1 Å².